The number of halogens is 2. The first-order valence-corrected chi connectivity index (χ1v) is 10.4. The topological polar surface area (TPSA) is 84.3 Å². The van der Waals surface area contributed by atoms with Crippen molar-refractivity contribution in [2.24, 2.45) is 13.0 Å². The summed E-state index contributed by atoms with van der Waals surface area (Å²) in [5, 5.41) is 3.25. The largest absolute Gasteiger partial charge is 0.336 e. The summed E-state index contributed by atoms with van der Waals surface area (Å²) in [6.07, 6.45) is 3.49. The van der Waals surface area contributed by atoms with Gasteiger partial charge in [-0.15, -0.1) is 12.4 Å². The number of aryl methyl sites for hydroxylation is 1. The molecule has 2 atom stereocenters. The number of aromatic nitrogens is 2. The first-order valence-electron chi connectivity index (χ1n) is 8.76. The maximum atomic E-state index is 13.0. The van der Waals surface area contributed by atoms with Crippen LogP contribution in [0.1, 0.15) is 18.8 Å². The van der Waals surface area contributed by atoms with Gasteiger partial charge >= 0.3 is 0 Å². The zero-order valence-corrected chi connectivity index (χ0v) is 17.3. The van der Waals surface area contributed by atoms with Crippen LogP contribution >= 0.6 is 12.4 Å². The van der Waals surface area contributed by atoms with Crippen molar-refractivity contribution in [2.45, 2.75) is 17.9 Å². The van der Waals surface area contributed by atoms with E-state index in [2.05, 4.69) is 10.3 Å². The molecule has 0 bridgehead atoms. The number of nitrogens with one attached hydrogen (secondary N) is 1. The molecule has 1 aromatic carbocycles. The van der Waals surface area contributed by atoms with E-state index in [4.69, 9.17) is 0 Å². The predicted octanol–water partition coefficient (Wildman–Crippen LogP) is 1.56. The number of nitrogens with zero attached hydrogens (tertiary/aromatic N) is 3. The molecule has 2 aromatic rings. The van der Waals surface area contributed by atoms with Crippen molar-refractivity contribution in [3.05, 3.63) is 48.3 Å². The van der Waals surface area contributed by atoms with E-state index < -0.39 is 21.6 Å². The molecular formula is C18H24ClFN4O3S. The minimum absolute atomic E-state index is 0. The number of imidazole rings is 1. The SMILES string of the molecule is CC(CS(=O)(=O)c1ccc(F)cc1)C(=O)N1CCNCC1c1nccn1C.Cl. The van der Waals surface area contributed by atoms with E-state index in [9.17, 15) is 17.6 Å². The van der Waals surface area contributed by atoms with Gasteiger partial charge in [-0.05, 0) is 24.3 Å². The minimum Gasteiger partial charge on any atom is -0.336 e. The van der Waals surface area contributed by atoms with Gasteiger partial charge in [0.1, 0.15) is 17.7 Å². The van der Waals surface area contributed by atoms with Crippen LogP contribution in [-0.2, 0) is 21.7 Å². The third-order valence-electron chi connectivity index (χ3n) is 4.75. The highest BCUT2D eigenvalue weighted by atomic mass is 35.5. The van der Waals surface area contributed by atoms with Crippen molar-refractivity contribution in [3.63, 3.8) is 0 Å². The van der Waals surface area contributed by atoms with E-state index in [1.165, 1.54) is 12.1 Å². The maximum Gasteiger partial charge on any atom is 0.227 e. The number of hydrogen-bond donors (Lipinski definition) is 1. The van der Waals surface area contributed by atoms with Crippen LogP contribution in [0.2, 0.25) is 0 Å². The summed E-state index contributed by atoms with van der Waals surface area (Å²) in [6, 6.07) is 4.41. The average Bonchev–Trinajstić information content (AvgIpc) is 3.07. The van der Waals surface area contributed by atoms with Crippen LogP contribution in [0.3, 0.4) is 0 Å². The second-order valence-corrected chi connectivity index (χ2v) is 8.82. The Bertz CT molecular complexity index is 917. The van der Waals surface area contributed by atoms with Gasteiger partial charge in [0.05, 0.1) is 10.6 Å². The fourth-order valence-electron chi connectivity index (χ4n) is 3.32. The van der Waals surface area contributed by atoms with Crippen LogP contribution in [0.25, 0.3) is 0 Å². The average molecular weight is 431 g/mol. The molecule has 10 heteroatoms. The summed E-state index contributed by atoms with van der Waals surface area (Å²) in [5.41, 5.74) is 0. The number of sulfone groups is 1. The number of piperazine rings is 1. The first-order chi connectivity index (χ1) is 12.8. The number of hydrogen-bond acceptors (Lipinski definition) is 5. The monoisotopic (exact) mass is 430 g/mol. The first kappa shape index (κ1) is 22.3. The molecule has 2 heterocycles. The van der Waals surface area contributed by atoms with Gasteiger partial charge in [0.2, 0.25) is 5.91 Å². The van der Waals surface area contributed by atoms with Crippen LogP contribution in [0.15, 0.2) is 41.6 Å². The van der Waals surface area contributed by atoms with Gasteiger partial charge in [-0.2, -0.15) is 0 Å². The van der Waals surface area contributed by atoms with E-state index in [1.54, 1.807) is 18.0 Å². The highest BCUT2D eigenvalue weighted by Crippen LogP contribution is 2.24. The highest BCUT2D eigenvalue weighted by Gasteiger charge is 2.34. The Hall–Kier alpha value is -1.97. The van der Waals surface area contributed by atoms with E-state index in [1.807, 2.05) is 17.8 Å². The third-order valence-corrected chi connectivity index (χ3v) is 6.68. The Balaban J connectivity index is 0.00000280. The fourth-order valence-corrected chi connectivity index (χ4v) is 4.86. The normalized spacial score (nSPS) is 18.4. The van der Waals surface area contributed by atoms with E-state index >= 15 is 0 Å². The number of carbonyl (C=O) groups excluding carboxylic acids is 1. The predicted molar refractivity (Wildman–Crippen MR) is 105 cm³/mol. The number of rotatable bonds is 5. The zero-order chi connectivity index (χ0) is 19.6. The van der Waals surface area contributed by atoms with Crippen molar-refractivity contribution < 1.29 is 17.6 Å². The van der Waals surface area contributed by atoms with Gasteiger partial charge in [-0.3, -0.25) is 4.79 Å². The molecule has 1 aliphatic rings. The van der Waals surface area contributed by atoms with Crippen molar-refractivity contribution in [1.82, 2.24) is 19.8 Å². The highest BCUT2D eigenvalue weighted by molar-refractivity contribution is 7.91. The lowest BCUT2D eigenvalue weighted by molar-refractivity contribution is -0.138. The van der Waals surface area contributed by atoms with Crippen LogP contribution in [0.4, 0.5) is 4.39 Å². The molecule has 0 saturated carbocycles. The standard InChI is InChI=1S/C18H23FN4O3S.ClH/c1-13(12-27(25,26)15-5-3-14(19)4-6-15)18(24)23-10-7-20-11-16(23)17-21-8-9-22(17)2;/h3-6,8-9,13,16,20H,7,10-12H2,1-2H3;1H. The molecule has 0 spiro atoms. The number of benzene rings is 1. The molecule has 1 aliphatic heterocycles. The molecule has 1 aromatic heterocycles. The van der Waals surface area contributed by atoms with Crippen molar-refractivity contribution >= 4 is 28.2 Å². The van der Waals surface area contributed by atoms with Crippen LogP contribution in [-0.4, -0.2) is 54.2 Å². The number of amides is 1. The van der Waals surface area contributed by atoms with Crippen molar-refractivity contribution in [1.29, 1.82) is 0 Å². The maximum absolute atomic E-state index is 13.0. The third kappa shape index (κ3) is 4.71. The Kier molecular flexibility index (Phi) is 7.19. The van der Waals surface area contributed by atoms with E-state index in [0.717, 1.165) is 18.0 Å². The zero-order valence-electron chi connectivity index (χ0n) is 15.7. The summed E-state index contributed by atoms with van der Waals surface area (Å²) in [4.78, 5) is 19.1. The molecular weight excluding hydrogens is 407 g/mol. The van der Waals surface area contributed by atoms with Gasteiger partial charge in [0.25, 0.3) is 0 Å². The smallest absolute Gasteiger partial charge is 0.227 e. The quantitative estimate of drug-likeness (QED) is 0.728. The molecule has 3 rings (SSSR count). The molecule has 28 heavy (non-hydrogen) atoms. The molecule has 1 amide bonds. The second kappa shape index (κ2) is 9.02. The van der Waals surface area contributed by atoms with E-state index in [-0.39, 0.29) is 35.0 Å². The lowest BCUT2D eigenvalue weighted by atomic mass is 10.1. The van der Waals surface area contributed by atoms with Gasteiger partial charge < -0.3 is 14.8 Å². The molecule has 154 valence electrons. The van der Waals surface area contributed by atoms with Gasteiger partial charge in [0, 0.05) is 45.0 Å². The van der Waals surface area contributed by atoms with Gasteiger partial charge in [-0.1, -0.05) is 6.92 Å². The van der Waals surface area contributed by atoms with Crippen molar-refractivity contribution in [3.8, 4) is 0 Å². The van der Waals surface area contributed by atoms with Crippen LogP contribution in [0, 0.1) is 11.7 Å². The molecule has 1 N–H and O–H groups in total. The summed E-state index contributed by atoms with van der Waals surface area (Å²) < 4.78 is 40.1. The molecule has 0 radical (unpaired) electrons. The lowest BCUT2D eigenvalue weighted by Crippen LogP contribution is -2.51. The molecule has 1 fully saturated rings. The summed E-state index contributed by atoms with van der Waals surface area (Å²) in [6.45, 7) is 3.30. The summed E-state index contributed by atoms with van der Waals surface area (Å²) in [5.74, 6) is -1.02. The number of carbonyl (C=O) groups is 1. The van der Waals surface area contributed by atoms with Crippen LogP contribution < -0.4 is 5.32 Å². The van der Waals surface area contributed by atoms with Crippen LogP contribution in [0.5, 0.6) is 0 Å². The second-order valence-electron chi connectivity index (χ2n) is 6.78. The fraction of sp³-hybridized carbons (Fsp3) is 0.444. The molecule has 7 nitrogen and oxygen atoms in total. The molecule has 1 saturated heterocycles. The molecule has 0 aliphatic carbocycles. The Morgan fingerprint density at radius 2 is 2.04 bits per heavy atom. The summed E-state index contributed by atoms with van der Waals surface area (Å²) >= 11 is 0. The Labute approximate surface area is 170 Å². The van der Waals surface area contributed by atoms with E-state index in [0.29, 0.717) is 19.6 Å². The Morgan fingerprint density at radius 1 is 1.36 bits per heavy atom. The Morgan fingerprint density at radius 3 is 2.64 bits per heavy atom. The van der Waals surface area contributed by atoms with Crippen molar-refractivity contribution in [2.75, 3.05) is 25.4 Å². The lowest BCUT2D eigenvalue weighted by Gasteiger charge is -2.37. The van der Waals surface area contributed by atoms with Gasteiger partial charge in [-0.25, -0.2) is 17.8 Å². The summed E-state index contributed by atoms with van der Waals surface area (Å²) in [7, 11) is -1.83. The minimum atomic E-state index is -3.69. The molecule has 2 unspecified atom stereocenters. The van der Waals surface area contributed by atoms with Gasteiger partial charge in [0.15, 0.2) is 9.84 Å².